The average molecular weight is 304 g/mol. The van der Waals surface area contributed by atoms with Gasteiger partial charge < -0.3 is 0 Å². The molecule has 0 radical (unpaired) electrons. The van der Waals surface area contributed by atoms with Crippen molar-refractivity contribution < 1.29 is 4.39 Å². The van der Waals surface area contributed by atoms with Crippen LogP contribution in [0.4, 0.5) is 4.39 Å². The SMILES string of the molecule is Fc1ccc(Br)c(CC2=CC(Cl)CCC2)c1. The number of benzene rings is 1. The number of rotatable bonds is 2. The third-order valence-electron chi connectivity index (χ3n) is 2.82. The monoisotopic (exact) mass is 302 g/mol. The summed E-state index contributed by atoms with van der Waals surface area (Å²) in [5, 5.41) is 0.149. The first kappa shape index (κ1) is 12.1. The van der Waals surface area contributed by atoms with Crippen molar-refractivity contribution in [2.45, 2.75) is 31.1 Å². The maximum atomic E-state index is 13.1. The Morgan fingerprint density at radius 3 is 3.00 bits per heavy atom. The normalized spacial score (nSPS) is 20.7. The fraction of sp³-hybridized carbons (Fsp3) is 0.385. The minimum atomic E-state index is -0.183. The summed E-state index contributed by atoms with van der Waals surface area (Å²) >= 11 is 9.53. The van der Waals surface area contributed by atoms with Crippen LogP contribution in [0.2, 0.25) is 0 Å². The highest BCUT2D eigenvalue weighted by Crippen LogP contribution is 2.27. The van der Waals surface area contributed by atoms with Gasteiger partial charge in [-0.25, -0.2) is 4.39 Å². The molecule has 0 bridgehead atoms. The van der Waals surface area contributed by atoms with E-state index in [0.29, 0.717) is 0 Å². The van der Waals surface area contributed by atoms with Gasteiger partial charge in [-0.2, -0.15) is 0 Å². The molecule has 0 heterocycles. The zero-order valence-corrected chi connectivity index (χ0v) is 11.2. The van der Waals surface area contributed by atoms with E-state index in [1.807, 2.05) is 0 Å². The third kappa shape index (κ3) is 3.08. The van der Waals surface area contributed by atoms with Crippen molar-refractivity contribution in [3.05, 3.63) is 45.7 Å². The molecule has 2 rings (SSSR count). The summed E-state index contributed by atoms with van der Waals surface area (Å²) in [7, 11) is 0. The van der Waals surface area contributed by atoms with Crippen LogP contribution in [0.15, 0.2) is 34.3 Å². The molecule has 0 spiro atoms. The summed E-state index contributed by atoms with van der Waals surface area (Å²) in [4.78, 5) is 0. The molecule has 1 atom stereocenters. The van der Waals surface area contributed by atoms with Crippen molar-refractivity contribution in [1.29, 1.82) is 0 Å². The lowest BCUT2D eigenvalue weighted by atomic mass is 9.94. The maximum absolute atomic E-state index is 13.1. The molecule has 86 valence electrons. The van der Waals surface area contributed by atoms with Crippen LogP contribution >= 0.6 is 27.5 Å². The van der Waals surface area contributed by atoms with Crippen molar-refractivity contribution in [2.24, 2.45) is 0 Å². The summed E-state index contributed by atoms with van der Waals surface area (Å²) in [5.41, 5.74) is 2.31. The van der Waals surface area contributed by atoms with Crippen LogP contribution in [-0.2, 0) is 6.42 Å². The lowest BCUT2D eigenvalue weighted by Gasteiger charge is -2.17. The van der Waals surface area contributed by atoms with Crippen LogP contribution in [-0.4, -0.2) is 5.38 Å². The molecule has 0 amide bonds. The van der Waals surface area contributed by atoms with Crippen molar-refractivity contribution in [3.8, 4) is 0 Å². The van der Waals surface area contributed by atoms with E-state index in [2.05, 4.69) is 22.0 Å². The van der Waals surface area contributed by atoms with Crippen LogP contribution in [0, 0.1) is 5.82 Å². The van der Waals surface area contributed by atoms with Crippen LogP contribution in [0.25, 0.3) is 0 Å². The summed E-state index contributed by atoms with van der Waals surface area (Å²) in [6.45, 7) is 0. The molecular formula is C13H13BrClF. The van der Waals surface area contributed by atoms with E-state index in [-0.39, 0.29) is 11.2 Å². The minimum Gasteiger partial charge on any atom is -0.207 e. The maximum Gasteiger partial charge on any atom is 0.123 e. The molecular weight excluding hydrogens is 290 g/mol. The smallest absolute Gasteiger partial charge is 0.123 e. The quantitative estimate of drug-likeness (QED) is 0.541. The minimum absolute atomic E-state index is 0.149. The Balaban J connectivity index is 2.17. The Morgan fingerprint density at radius 2 is 2.25 bits per heavy atom. The third-order valence-corrected chi connectivity index (χ3v) is 3.94. The number of hydrogen-bond donors (Lipinski definition) is 0. The predicted octanol–water partition coefficient (Wildman–Crippen LogP) is 4.85. The molecule has 1 aromatic carbocycles. The summed E-state index contributed by atoms with van der Waals surface area (Å²) in [6.07, 6.45) is 6.17. The Bertz CT molecular complexity index is 414. The van der Waals surface area contributed by atoms with Gasteiger partial charge in [0.25, 0.3) is 0 Å². The summed E-state index contributed by atoms with van der Waals surface area (Å²) in [6, 6.07) is 4.81. The highest BCUT2D eigenvalue weighted by Gasteiger charge is 2.12. The van der Waals surface area contributed by atoms with Gasteiger partial charge in [-0.1, -0.05) is 27.6 Å². The molecule has 0 aliphatic heterocycles. The van der Waals surface area contributed by atoms with Crippen LogP contribution < -0.4 is 0 Å². The van der Waals surface area contributed by atoms with Gasteiger partial charge in [0.05, 0.1) is 5.38 Å². The topological polar surface area (TPSA) is 0 Å². The van der Waals surface area contributed by atoms with Crippen molar-refractivity contribution in [1.82, 2.24) is 0 Å². The zero-order valence-electron chi connectivity index (χ0n) is 8.85. The van der Waals surface area contributed by atoms with Crippen molar-refractivity contribution in [2.75, 3.05) is 0 Å². The van der Waals surface area contributed by atoms with E-state index in [9.17, 15) is 4.39 Å². The van der Waals surface area contributed by atoms with Gasteiger partial charge in [0.15, 0.2) is 0 Å². The van der Waals surface area contributed by atoms with E-state index in [1.165, 1.54) is 11.6 Å². The van der Waals surface area contributed by atoms with Crippen LogP contribution in [0.1, 0.15) is 24.8 Å². The standard InChI is InChI=1S/C13H13BrClF/c14-13-5-4-12(16)8-10(13)6-9-2-1-3-11(15)7-9/h4-5,7-8,11H,1-3,6H2. The second-order valence-electron chi connectivity index (χ2n) is 4.15. The van der Waals surface area contributed by atoms with E-state index in [0.717, 1.165) is 35.7 Å². The van der Waals surface area contributed by atoms with Gasteiger partial charge in [-0.15, -0.1) is 11.6 Å². The van der Waals surface area contributed by atoms with E-state index in [4.69, 9.17) is 11.6 Å². The highest BCUT2D eigenvalue weighted by molar-refractivity contribution is 9.10. The molecule has 1 aromatic rings. The molecule has 16 heavy (non-hydrogen) atoms. The van der Waals surface area contributed by atoms with Gasteiger partial charge in [-0.05, 0) is 49.4 Å². The second kappa shape index (κ2) is 5.33. The lowest BCUT2D eigenvalue weighted by molar-refractivity contribution is 0.624. The molecule has 0 aromatic heterocycles. The first-order valence-electron chi connectivity index (χ1n) is 5.43. The van der Waals surface area contributed by atoms with Gasteiger partial charge >= 0.3 is 0 Å². The zero-order chi connectivity index (χ0) is 11.5. The summed E-state index contributed by atoms with van der Waals surface area (Å²) < 4.78 is 14.1. The average Bonchev–Trinajstić information content (AvgIpc) is 2.24. The van der Waals surface area contributed by atoms with Crippen LogP contribution in [0.5, 0.6) is 0 Å². The Kier molecular flexibility index (Phi) is 4.04. The predicted molar refractivity (Wildman–Crippen MR) is 69.4 cm³/mol. The largest absolute Gasteiger partial charge is 0.207 e. The van der Waals surface area contributed by atoms with Crippen molar-refractivity contribution in [3.63, 3.8) is 0 Å². The molecule has 3 heteroatoms. The highest BCUT2D eigenvalue weighted by atomic mass is 79.9. The first-order valence-corrected chi connectivity index (χ1v) is 6.65. The molecule has 0 fully saturated rings. The van der Waals surface area contributed by atoms with Gasteiger partial charge in [0.1, 0.15) is 5.82 Å². The fourth-order valence-corrected chi connectivity index (χ4v) is 2.74. The number of allylic oxidation sites excluding steroid dienone is 2. The van der Waals surface area contributed by atoms with Gasteiger partial charge in [-0.3, -0.25) is 0 Å². The number of alkyl halides is 1. The Hall–Kier alpha value is -0.340. The van der Waals surface area contributed by atoms with Crippen LogP contribution in [0.3, 0.4) is 0 Å². The van der Waals surface area contributed by atoms with Gasteiger partial charge in [0.2, 0.25) is 0 Å². The molecule has 1 aliphatic rings. The molecule has 1 unspecified atom stereocenters. The molecule has 0 nitrogen and oxygen atoms in total. The molecule has 0 N–H and O–H groups in total. The number of halogens is 3. The molecule has 0 saturated carbocycles. The van der Waals surface area contributed by atoms with E-state index < -0.39 is 0 Å². The molecule has 1 aliphatic carbocycles. The van der Waals surface area contributed by atoms with E-state index in [1.54, 1.807) is 12.1 Å². The number of hydrogen-bond acceptors (Lipinski definition) is 0. The Labute approximate surface area is 109 Å². The summed E-state index contributed by atoms with van der Waals surface area (Å²) in [5.74, 6) is -0.183. The van der Waals surface area contributed by atoms with Crippen molar-refractivity contribution >= 4 is 27.5 Å². The lowest BCUT2D eigenvalue weighted by Crippen LogP contribution is -2.05. The Morgan fingerprint density at radius 1 is 1.44 bits per heavy atom. The molecule has 0 saturated heterocycles. The fourth-order valence-electron chi connectivity index (χ4n) is 2.02. The van der Waals surface area contributed by atoms with Gasteiger partial charge in [0, 0.05) is 4.47 Å². The second-order valence-corrected chi connectivity index (χ2v) is 5.56. The first-order chi connectivity index (χ1) is 7.65. The van der Waals surface area contributed by atoms with E-state index >= 15 is 0 Å².